The molecule has 0 heterocycles. The third kappa shape index (κ3) is 3.00. The van der Waals surface area contributed by atoms with Crippen molar-refractivity contribution in [3.63, 3.8) is 0 Å². The summed E-state index contributed by atoms with van der Waals surface area (Å²) >= 11 is 0. The van der Waals surface area contributed by atoms with E-state index in [-0.39, 0.29) is 0 Å². The van der Waals surface area contributed by atoms with Gasteiger partial charge < -0.3 is 0 Å². The van der Waals surface area contributed by atoms with Gasteiger partial charge in [-0.3, -0.25) is 0 Å². The van der Waals surface area contributed by atoms with Crippen LogP contribution in [-0.4, -0.2) is 0 Å². The van der Waals surface area contributed by atoms with E-state index in [1.807, 2.05) is 0 Å². The summed E-state index contributed by atoms with van der Waals surface area (Å²) in [7, 11) is 0. The molecule has 1 aliphatic carbocycles. The molecule has 0 aliphatic heterocycles. The molecule has 0 aromatic carbocycles. The van der Waals surface area contributed by atoms with Crippen LogP contribution in [0, 0.1) is 23.2 Å². The van der Waals surface area contributed by atoms with Crippen molar-refractivity contribution in [3.05, 3.63) is 0 Å². The van der Waals surface area contributed by atoms with Crippen LogP contribution in [0.25, 0.3) is 0 Å². The van der Waals surface area contributed by atoms with Crippen LogP contribution in [0.1, 0.15) is 66.7 Å². The SMILES string of the molecule is CCC1CC(CC)CC(C(C)(C)C)C1. The van der Waals surface area contributed by atoms with Crippen molar-refractivity contribution in [2.75, 3.05) is 0 Å². The molecule has 0 aromatic rings. The molecule has 1 fully saturated rings. The second-order valence-corrected chi connectivity index (χ2v) is 6.32. The molecule has 14 heavy (non-hydrogen) atoms. The van der Waals surface area contributed by atoms with Crippen molar-refractivity contribution in [2.45, 2.75) is 66.7 Å². The van der Waals surface area contributed by atoms with Gasteiger partial charge in [-0.2, -0.15) is 0 Å². The summed E-state index contributed by atoms with van der Waals surface area (Å²) in [4.78, 5) is 0. The molecule has 0 aromatic heterocycles. The van der Waals surface area contributed by atoms with Crippen LogP contribution < -0.4 is 0 Å². The highest BCUT2D eigenvalue weighted by atomic mass is 14.4. The zero-order valence-electron chi connectivity index (χ0n) is 10.8. The first-order valence-electron chi connectivity index (χ1n) is 6.47. The average Bonchev–Trinajstić information content (AvgIpc) is 2.15. The molecule has 1 aliphatic rings. The highest BCUT2D eigenvalue weighted by Crippen LogP contribution is 2.44. The minimum Gasteiger partial charge on any atom is -0.0651 e. The summed E-state index contributed by atoms with van der Waals surface area (Å²) in [5.74, 6) is 2.99. The van der Waals surface area contributed by atoms with Crippen LogP contribution >= 0.6 is 0 Å². The zero-order valence-corrected chi connectivity index (χ0v) is 10.8. The summed E-state index contributed by atoms with van der Waals surface area (Å²) in [5, 5.41) is 0. The van der Waals surface area contributed by atoms with Gasteiger partial charge in [0.25, 0.3) is 0 Å². The quantitative estimate of drug-likeness (QED) is 0.590. The highest BCUT2D eigenvalue weighted by molar-refractivity contribution is 4.84. The Balaban J connectivity index is 2.60. The second kappa shape index (κ2) is 4.68. The van der Waals surface area contributed by atoms with Gasteiger partial charge in [-0.15, -0.1) is 0 Å². The molecule has 0 amide bonds. The largest absolute Gasteiger partial charge is 0.0651 e. The van der Waals surface area contributed by atoms with Gasteiger partial charge in [0.15, 0.2) is 0 Å². The first-order valence-corrected chi connectivity index (χ1v) is 6.47. The Morgan fingerprint density at radius 1 is 0.857 bits per heavy atom. The summed E-state index contributed by atoms with van der Waals surface area (Å²) < 4.78 is 0. The fraction of sp³-hybridized carbons (Fsp3) is 1.00. The van der Waals surface area contributed by atoms with Crippen LogP contribution in [-0.2, 0) is 0 Å². The summed E-state index contributed by atoms with van der Waals surface area (Å²) in [6.45, 7) is 12.0. The Morgan fingerprint density at radius 3 is 1.57 bits per heavy atom. The highest BCUT2D eigenvalue weighted by Gasteiger charge is 2.33. The molecule has 0 N–H and O–H groups in total. The molecule has 0 heteroatoms. The normalized spacial score (nSPS) is 34.5. The minimum absolute atomic E-state index is 0.529. The van der Waals surface area contributed by atoms with E-state index in [0.717, 1.165) is 17.8 Å². The predicted molar refractivity (Wildman–Crippen MR) is 64.4 cm³/mol. The van der Waals surface area contributed by atoms with E-state index in [1.54, 1.807) is 0 Å². The first-order chi connectivity index (χ1) is 6.47. The topological polar surface area (TPSA) is 0 Å². The lowest BCUT2D eigenvalue weighted by atomic mass is 9.65. The Hall–Kier alpha value is 0. The first kappa shape index (κ1) is 12.1. The van der Waals surface area contributed by atoms with E-state index in [9.17, 15) is 0 Å². The van der Waals surface area contributed by atoms with Gasteiger partial charge in [0.1, 0.15) is 0 Å². The molecule has 0 nitrogen and oxygen atoms in total. The van der Waals surface area contributed by atoms with Crippen molar-refractivity contribution < 1.29 is 0 Å². The molecule has 84 valence electrons. The molecule has 0 radical (unpaired) electrons. The minimum atomic E-state index is 0.529. The molecule has 2 unspecified atom stereocenters. The van der Waals surface area contributed by atoms with Gasteiger partial charge in [-0.05, 0) is 42.4 Å². The molecular weight excluding hydrogens is 168 g/mol. The van der Waals surface area contributed by atoms with Crippen LogP contribution in [0.4, 0.5) is 0 Å². The Labute approximate surface area is 90.5 Å². The third-order valence-corrected chi connectivity index (χ3v) is 4.28. The van der Waals surface area contributed by atoms with E-state index < -0.39 is 0 Å². The average molecular weight is 196 g/mol. The second-order valence-electron chi connectivity index (χ2n) is 6.32. The van der Waals surface area contributed by atoms with Crippen LogP contribution in [0.5, 0.6) is 0 Å². The molecule has 0 saturated heterocycles. The summed E-state index contributed by atoms with van der Waals surface area (Å²) in [6, 6.07) is 0. The predicted octanol–water partition coefficient (Wildman–Crippen LogP) is 4.89. The molecule has 1 saturated carbocycles. The van der Waals surface area contributed by atoms with E-state index >= 15 is 0 Å². The van der Waals surface area contributed by atoms with Gasteiger partial charge >= 0.3 is 0 Å². The van der Waals surface area contributed by atoms with Crippen molar-refractivity contribution in [3.8, 4) is 0 Å². The fourth-order valence-corrected chi connectivity index (χ4v) is 2.94. The number of hydrogen-bond acceptors (Lipinski definition) is 0. The monoisotopic (exact) mass is 196 g/mol. The molecular formula is C14H28. The Bertz CT molecular complexity index is 151. The standard InChI is InChI=1S/C14H28/c1-6-11-8-12(7-2)10-13(9-11)14(3,4)5/h11-13H,6-10H2,1-5H3. The van der Waals surface area contributed by atoms with Gasteiger partial charge in [-0.25, -0.2) is 0 Å². The van der Waals surface area contributed by atoms with E-state index in [4.69, 9.17) is 0 Å². The van der Waals surface area contributed by atoms with Crippen molar-refractivity contribution >= 4 is 0 Å². The van der Waals surface area contributed by atoms with Crippen LogP contribution in [0.15, 0.2) is 0 Å². The lowest BCUT2D eigenvalue weighted by molar-refractivity contribution is 0.0979. The van der Waals surface area contributed by atoms with Crippen LogP contribution in [0.2, 0.25) is 0 Å². The lowest BCUT2D eigenvalue weighted by Gasteiger charge is -2.41. The summed E-state index contributed by atoms with van der Waals surface area (Å²) in [5.41, 5.74) is 0.529. The zero-order chi connectivity index (χ0) is 10.8. The van der Waals surface area contributed by atoms with E-state index in [1.165, 1.54) is 32.1 Å². The molecule has 0 bridgehead atoms. The lowest BCUT2D eigenvalue weighted by Crippen LogP contribution is -2.30. The van der Waals surface area contributed by atoms with Gasteiger partial charge in [0.05, 0.1) is 0 Å². The molecule has 1 rings (SSSR count). The maximum atomic E-state index is 2.42. The van der Waals surface area contributed by atoms with Gasteiger partial charge in [-0.1, -0.05) is 47.5 Å². The fourth-order valence-electron chi connectivity index (χ4n) is 2.94. The van der Waals surface area contributed by atoms with Gasteiger partial charge in [0.2, 0.25) is 0 Å². The maximum absolute atomic E-state index is 2.42. The maximum Gasteiger partial charge on any atom is -0.0354 e. The number of rotatable bonds is 2. The Morgan fingerprint density at radius 2 is 1.29 bits per heavy atom. The number of hydrogen-bond donors (Lipinski definition) is 0. The van der Waals surface area contributed by atoms with E-state index in [2.05, 4.69) is 34.6 Å². The van der Waals surface area contributed by atoms with Crippen molar-refractivity contribution in [2.24, 2.45) is 23.2 Å². The summed E-state index contributed by atoms with van der Waals surface area (Å²) in [6.07, 6.45) is 7.25. The van der Waals surface area contributed by atoms with Gasteiger partial charge in [0, 0.05) is 0 Å². The Kier molecular flexibility index (Phi) is 4.04. The van der Waals surface area contributed by atoms with Crippen molar-refractivity contribution in [1.82, 2.24) is 0 Å². The smallest absolute Gasteiger partial charge is 0.0354 e. The van der Waals surface area contributed by atoms with E-state index in [0.29, 0.717) is 5.41 Å². The third-order valence-electron chi connectivity index (χ3n) is 4.28. The molecule has 0 spiro atoms. The van der Waals surface area contributed by atoms with Crippen molar-refractivity contribution in [1.29, 1.82) is 0 Å². The molecule has 2 atom stereocenters. The van der Waals surface area contributed by atoms with Crippen LogP contribution in [0.3, 0.4) is 0 Å².